The lowest BCUT2D eigenvalue weighted by Crippen LogP contribution is -2.15. The monoisotopic (exact) mass is 320 g/mol. The van der Waals surface area contributed by atoms with Crippen LogP contribution in [0.1, 0.15) is 39.5 Å². The second kappa shape index (κ2) is 10.1. The summed E-state index contributed by atoms with van der Waals surface area (Å²) in [5, 5.41) is 0. The molecule has 0 saturated heterocycles. The van der Waals surface area contributed by atoms with Crippen LogP contribution in [0.25, 0.3) is 0 Å². The van der Waals surface area contributed by atoms with Crippen LogP contribution in [0, 0.1) is 5.92 Å². The van der Waals surface area contributed by atoms with Crippen molar-refractivity contribution in [1.82, 2.24) is 0 Å². The van der Waals surface area contributed by atoms with E-state index in [0.29, 0.717) is 13.0 Å². The maximum absolute atomic E-state index is 11.6. The molecule has 18 heavy (non-hydrogen) atoms. The largest absolute Gasteiger partial charge is 0.469 e. The van der Waals surface area contributed by atoms with E-state index in [0.717, 1.165) is 19.3 Å². The Bertz CT molecular complexity index is 299. The minimum atomic E-state index is -0.457. The lowest BCUT2D eigenvalue weighted by atomic mass is 10.0. The van der Waals surface area contributed by atoms with Crippen LogP contribution in [0.3, 0.4) is 0 Å². The van der Waals surface area contributed by atoms with Crippen LogP contribution < -0.4 is 0 Å². The smallest absolute Gasteiger partial charge is 0.344 e. The van der Waals surface area contributed by atoms with Crippen LogP contribution in [0.15, 0.2) is 10.6 Å². The Labute approximate surface area is 117 Å². The summed E-state index contributed by atoms with van der Waals surface area (Å²) in [6, 6.07) is 0. The van der Waals surface area contributed by atoms with Gasteiger partial charge in [-0.2, -0.15) is 0 Å². The summed E-state index contributed by atoms with van der Waals surface area (Å²) in [6.07, 6.45) is 5.30. The standard InChI is InChI=1S/C13H21BrO4/c1-4-6-7-8-10(12(15)17-3)9-11(14)13(16)18-5-2/h9-10H,4-8H2,1-3H3/b11-9-. The topological polar surface area (TPSA) is 52.6 Å². The van der Waals surface area contributed by atoms with Crippen LogP contribution in [-0.2, 0) is 19.1 Å². The number of rotatable bonds is 8. The first-order valence-electron chi connectivity index (χ1n) is 6.19. The number of hydrogen-bond acceptors (Lipinski definition) is 4. The second-order valence-electron chi connectivity index (χ2n) is 3.86. The number of hydrogen-bond donors (Lipinski definition) is 0. The Morgan fingerprint density at radius 3 is 2.44 bits per heavy atom. The van der Waals surface area contributed by atoms with Gasteiger partial charge in [0, 0.05) is 0 Å². The first-order valence-corrected chi connectivity index (χ1v) is 6.98. The second-order valence-corrected chi connectivity index (χ2v) is 4.71. The average molecular weight is 321 g/mol. The molecule has 0 radical (unpaired) electrons. The summed E-state index contributed by atoms with van der Waals surface area (Å²) >= 11 is 3.13. The molecule has 0 rings (SSSR count). The van der Waals surface area contributed by atoms with Crippen molar-refractivity contribution < 1.29 is 19.1 Å². The molecule has 0 N–H and O–H groups in total. The predicted molar refractivity (Wildman–Crippen MR) is 73.3 cm³/mol. The fraction of sp³-hybridized carbons (Fsp3) is 0.692. The molecule has 0 aliphatic heterocycles. The van der Waals surface area contributed by atoms with Crippen LogP contribution in [-0.4, -0.2) is 25.7 Å². The molecule has 0 aliphatic carbocycles. The van der Waals surface area contributed by atoms with Gasteiger partial charge in [-0.25, -0.2) is 4.79 Å². The van der Waals surface area contributed by atoms with E-state index in [9.17, 15) is 9.59 Å². The fourth-order valence-electron chi connectivity index (χ4n) is 1.48. The van der Waals surface area contributed by atoms with Crippen LogP contribution in [0.5, 0.6) is 0 Å². The highest BCUT2D eigenvalue weighted by molar-refractivity contribution is 9.12. The van der Waals surface area contributed by atoms with Crippen molar-refractivity contribution in [3.8, 4) is 0 Å². The van der Waals surface area contributed by atoms with E-state index in [-0.39, 0.29) is 10.5 Å². The summed E-state index contributed by atoms with van der Waals surface area (Å²) in [7, 11) is 1.35. The molecule has 1 unspecified atom stereocenters. The third-order valence-corrected chi connectivity index (χ3v) is 3.03. The van der Waals surface area contributed by atoms with Gasteiger partial charge in [-0.3, -0.25) is 4.79 Å². The third kappa shape index (κ3) is 6.79. The van der Waals surface area contributed by atoms with E-state index in [2.05, 4.69) is 22.9 Å². The van der Waals surface area contributed by atoms with Crippen molar-refractivity contribution in [2.75, 3.05) is 13.7 Å². The zero-order chi connectivity index (χ0) is 14.0. The van der Waals surface area contributed by atoms with Gasteiger partial charge < -0.3 is 9.47 Å². The lowest BCUT2D eigenvalue weighted by molar-refractivity contribution is -0.143. The Morgan fingerprint density at radius 2 is 1.94 bits per heavy atom. The lowest BCUT2D eigenvalue weighted by Gasteiger charge is -2.11. The highest BCUT2D eigenvalue weighted by atomic mass is 79.9. The highest BCUT2D eigenvalue weighted by Crippen LogP contribution is 2.18. The number of methoxy groups -OCH3 is 1. The third-order valence-electron chi connectivity index (χ3n) is 2.44. The molecule has 0 aromatic rings. The Balaban J connectivity index is 4.59. The predicted octanol–water partition coefficient (Wildman–Crippen LogP) is 3.20. The number of esters is 2. The first kappa shape index (κ1) is 17.2. The van der Waals surface area contributed by atoms with Crippen LogP contribution >= 0.6 is 15.9 Å². The molecule has 0 amide bonds. The summed E-state index contributed by atoms with van der Waals surface area (Å²) < 4.78 is 9.84. The van der Waals surface area contributed by atoms with Crippen molar-refractivity contribution in [3.63, 3.8) is 0 Å². The summed E-state index contributed by atoms with van der Waals surface area (Å²) in [5.41, 5.74) is 0. The van der Waals surface area contributed by atoms with Crippen LogP contribution in [0.4, 0.5) is 0 Å². The number of ether oxygens (including phenoxy) is 2. The average Bonchev–Trinajstić information content (AvgIpc) is 2.36. The Hall–Kier alpha value is -0.840. The molecule has 1 atom stereocenters. The first-order chi connectivity index (χ1) is 8.56. The number of carbonyl (C=O) groups is 2. The van der Waals surface area contributed by atoms with Crippen molar-refractivity contribution in [2.24, 2.45) is 5.92 Å². The molecule has 0 spiro atoms. The van der Waals surface area contributed by atoms with E-state index in [4.69, 9.17) is 9.47 Å². The minimum absolute atomic E-state index is 0.274. The van der Waals surface area contributed by atoms with E-state index in [1.807, 2.05) is 0 Å². The van der Waals surface area contributed by atoms with Gasteiger partial charge >= 0.3 is 11.9 Å². The van der Waals surface area contributed by atoms with E-state index >= 15 is 0 Å². The van der Waals surface area contributed by atoms with Crippen molar-refractivity contribution in [2.45, 2.75) is 39.5 Å². The maximum atomic E-state index is 11.6. The molecule has 0 fully saturated rings. The van der Waals surface area contributed by atoms with Gasteiger partial charge in [0.2, 0.25) is 0 Å². The summed E-state index contributed by atoms with van der Waals surface area (Å²) in [5.74, 6) is -1.19. The van der Waals surface area contributed by atoms with Gasteiger partial charge in [-0.15, -0.1) is 0 Å². The molecule has 0 bridgehead atoms. The van der Waals surface area contributed by atoms with Gasteiger partial charge in [0.25, 0.3) is 0 Å². The zero-order valence-electron chi connectivity index (χ0n) is 11.2. The van der Waals surface area contributed by atoms with Crippen LogP contribution in [0.2, 0.25) is 0 Å². The molecular formula is C13H21BrO4. The molecule has 4 nitrogen and oxygen atoms in total. The quantitative estimate of drug-likeness (QED) is 0.391. The van der Waals surface area contributed by atoms with Gasteiger partial charge in [-0.05, 0) is 35.4 Å². The van der Waals surface area contributed by atoms with Gasteiger partial charge in [0.15, 0.2) is 0 Å². The molecule has 0 aliphatic rings. The Morgan fingerprint density at radius 1 is 1.28 bits per heavy atom. The molecule has 0 aromatic carbocycles. The maximum Gasteiger partial charge on any atom is 0.344 e. The molecule has 0 saturated carbocycles. The number of unbranched alkanes of at least 4 members (excludes halogenated alkanes) is 2. The molecule has 104 valence electrons. The summed E-state index contributed by atoms with van der Waals surface area (Å²) in [6.45, 7) is 4.13. The van der Waals surface area contributed by atoms with E-state index in [1.54, 1.807) is 13.0 Å². The van der Waals surface area contributed by atoms with Gasteiger partial charge in [0.05, 0.1) is 24.1 Å². The van der Waals surface area contributed by atoms with Crippen molar-refractivity contribution in [1.29, 1.82) is 0 Å². The van der Waals surface area contributed by atoms with Crippen molar-refractivity contribution >= 4 is 27.9 Å². The molecule has 0 heterocycles. The molecular weight excluding hydrogens is 300 g/mol. The summed E-state index contributed by atoms with van der Waals surface area (Å²) in [4.78, 5) is 23.0. The SMILES string of the molecule is CCCCCC(/C=C(\Br)C(=O)OCC)C(=O)OC. The normalized spacial score (nSPS) is 13.0. The number of halogens is 1. The molecule has 0 aromatic heterocycles. The number of carbonyl (C=O) groups excluding carboxylic acids is 2. The highest BCUT2D eigenvalue weighted by Gasteiger charge is 2.19. The fourth-order valence-corrected chi connectivity index (χ4v) is 1.91. The molecule has 5 heteroatoms. The minimum Gasteiger partial charge on any atom is -0.469 e. The zero-order valence-corrected chi connectivity index (χ0v) is 12.8. The van der Waals surface area contributed by atoms with Crippen molar-refractivity contribution in [3.05, 3.63) is 10.6 Å². The van der Waals surface area contributed by atoms with Gasteiger partial charge in [-0.1, -0.05) is 26.2 Å². The Kier molecular flexibility index (Phi) is 9.64. The van der Waals surface area contributed by atoms with Gasteiger partial charge in [0.1, 0.15) is 0 Å². The van der Waals surface area contributed by atoms with E-state index in [1.165, 1.54) is 7.11 Å². The van der Waals surface area contributed by atoms with E-state index < -0.39 is 11.9 Å².